The summed E-state index contributed by atoms with van der Waals surface area (Å²) in [6.45, 7) is 1.66. The summed E-state index contributed by atoms with van der Waals surface area (Å²) in [5.74, 6) is -0.614. The average molecular weight is 127 g/mol. The van der Waals surface area contributed by atoms with Crippen molar-refractivity contribution in [1.29, 1.82) is 5.26 Å². The van der Waals surface area contributed by atoms with Crippen LogP contribution >= 0.6 is 0 Å². The number of hydrogen-bond donors (Lipinski definition) is 0. The van der Waals surface area contributed by atoms with Gasteiger partial charge in [-0.25, -0.2) is 0 Å². The van der Waals surface area contributed by atoms with E-state index in [2.05, 4.69) is 4.74 Å². The summed E-state index contributed by atoms with van der Waals surface area (Å²) in [4.78, 5) is 10.5. The number of esters is 1. The van der Waals surface area contributed by atoms with Gasteiger partial charge in [0.05, 0.1) is 19.1 Å². The summed E-state index contributed by atoms with van der Waals surface area (Å²) < 4.78 is 4.37. The Morgan fingerprint density at radius 2 is 2.44 bits per heavy atom. The molecule has 0 aliphatic rings. The molecule has 0 radical (unpaired) electrons. The summed E-state index contributed by atoms with van der Waals surface area (Å²) in [7, 11) is 1.32. The smallest absolute Gasteiger partial charge is 0.309 e. The Hall–Kier alpha value is -1.04. The minimum atomic E-state index is -0.323. The van der Waals surface area contributed by atoms with Gasteiger partial charge in [-0.1, -0.05) is 6.92 Å². The van der Waals surface area contributed by atoms with Gasteiger partial charge in [-0.2, -0.15) is 5.26 Å². The van der Waals surface area contributed by atoms with Gasteiger partial charge in [0.25, 0.3) is 0 Å². The van der Waals surface area contributed by atoms with Crippen LogP contribution in [0.3, 0.4) is 0 Å². The minimum Gasteiger partial charge on any atom is -0.469 e. The molecule has 1 atom stereocenters. The maximum atomic E-state index is 10.5. The number of nitrogens with zero attached hydrogens (tertiary/aromatic N) is 1. The standard InChI is InChI=1S/C6H9NO2/c1-5(3-4-7)6(8)9-2/h5H,3H2,1-2H3. The van der Waals surface area contributed by atoms with E-state index in [1.807, 2.05) is 6.07 Å². The summed E-state index contributed by atoms with van der Waals surface area (Å²) in [5.41, 5.74) is 0. The average Bonchev–Trinajstić information content (AvgIpc) is 1.87. The molecular weight excluding hydrogens is 118 g/mol. The van der Waals surface area contributed by atoms with Crippen molar-refractivity contribution in [3.05, 3.63) is 0 Å². The quantitative estimate of drug-likeness (QED) is 0.513. The first kappa shape index (κ1) is 7.96. The highest BCUT2D eigenvalue weighted by atomic mass is 16.5. The van der Waals surface area contributed by atoms with Crippen molar-refractivity contribution in [2.75, 3.05) is 7.11 Å². The van der Waals surface area contributed by atoms with Crippen molar-refractivity contribution in [3.63, 3.8) is 0 Å². The van der Waals surface area contributed by atoms with Gasteiger partial charge in [-0.15, -0.1) is 0 Å². The zero-order chi connectivity index (χ0) is 7.28. The fourth-order valence-electron chi connectivity index (χ4n) is 0.421. The third-order valence-electron chi connectivity index (χ3n) is 1.00. The Morgan fingerprint density at radius 1 is 1.89 bits per heavy atom. The molecule has 0 saturated heterocycles. The van der Waals surface area contributed by atoms with Crippen LogP contribution in [0.1, 0.15) is 13.3 Å². The van der Waals surface area contributed by atoms with Crippen molar-refractivity contribution in [2.45, 2.75) is 13.3 Å². The molecule has 0 aliphatic heterocycles. The lowest BCUT2D eigenvalue weighted by Crippen LogP contribution is -2.11. The molecule has 9 heavy (non-hydrogen) atoms. The van der Waals surface area contributed by atoms with Gasteiger partial charge in [0.2, 0.25) is 0 Å². The molecule has 3 heteroatoms. The second-order valence-electron chi connectivity index (χ2n) is 1.79. The molecule has 50 valence electrons. The molecule has 0 aromatic heterocycles. The molecule has 0 saturated carbocycles. The second kappa shape index (κ2) is 3.90. The highest BCUT2D eigenvalue weighted by Crippen LogP contribution is 2.00. The number of methoxy groups -OCH3 is 1. The van der Waals surface area contributed by atoms with Crippen LogP contribution in [0.15, 0.2) is 0 Å². The highest BCUT2D eigenvalue weighted by Gasteiger charge is 2.10. The third kappa shape index (κ3) is 2.70. The third-order valence-corrected chi connectivity index (χ3v) is 1.00. The van der Waals surface area contributed by atoms with Crippen LogP contribution in [0.2, 0.25) is 0 Å². The topological polar surface area (TPSA) is 50.1 Å². The van der Waals surface area contributed by atoms with E-state index >= 15 is 0 Å². The molecule has 0 aromatic carbocycles. The zero-order valence-corrected chi connectivity index (χ0v) is 5.55. The normalized spacial score (nSPS) is 11.7. The summed E-state index contributed by atoms with van der Waals surface area (Å²) in [6.07, 6.45) is 0.229. The predicted octanol–water partition coefficient (Wildman–Crippen LogP) is 0.709. The first-order valence-corrected chi connectivity index (χ1v) is 2.67. The Morgan fingerprint density at radius 3 is 2.78 bits per heavy atom. The van der Waals surface area contributed by atoms with E-state index in [-0.39, 0.29) is 18.3 Å². The molecule has 0 spiro atoms. The summed E-state index contributed by atoms with van der Waals surface area (Å²) in [5, 5.41) is 8.12. The van der Waals surface area contributed by atoms with Crippen LogP contribution in [0.25, 0.3) is 0 Å². The van der Waals surface area contributed by atoms with E-state index < -0.39 is 0 Å². The summed E-state index contributed by atoms with van der Waals surface area (Å²) in [6, 6.07) is 1.88. The second-order valence-corrected chi connectivity index (χ2v) is 1.79. The predicted molar refractivity (Wildman–Crippen MR) is 31.4 cm³/mol. The van der Waals surface area contributed by atoms with Gasteiger partial charge >= 0.3 is 5.97 Å². The van der Waals surface area contributed by atoms with Crippen LogP contribution in [0, 0.1) is 17.2 Å². The number of nitriles is 1. The Balaban J connectivity index is 3.62. The fourth-order valence-corrected chi connectivity index (χ4v) is 0.421. The van der Waals surface area contributed by atoms with E-state index in [0.29, 0.717) is 0 Å². The van der Waals surface area contributed by atoms with E-state index in [1.54, 1.807) is 6.92 Å². The first-order chi connectivity index (χ1) is 4.22. The Kier molecular flexibility index (Phi) is 3.45. The van der Waals surface area contributed by atoms with Gasteiger partial charge in [0, 0.05) is 6.42 Å². The Bertz CT molecular complexity index is 136. The monoisotopic (exact) mass is 127 g/mol. The zero-order valence-electron chi connectivity index (χ0n) is 5.55. The van der Waals surface area contributed by atoms with Crippen molar-refractivity contribution >= 4 is 5.97 Å². The van der Waals surface area contributed by atoms with Crippen LogP contribution in [0.4, 0.5) is 0 Å². The molecule has 0 fully saturated rings. The Labute approximate surface area is 54.2 Å². The molecule has 0 N–H and O–H groups in total. The molecule has 0 amide bonds. The van der Waals surface area contributed by atoms with Crippen LogP contribution in [-0.2, 0) is 9.53 Å². The number of rotatable bonds is 2. The van der Waals surface area contributed by atoms with Gasteiger partial charge in [0.15, 0.2) is 0 Å². The molecule has 3 nitrogen and oxygen atoms in total. The van der Waals surface area contributed by atoms with Gasteiger partial charge in [-0.3, -0.25) is 4.79 Å². The van der Waals surface area contributed by atoms with E-state index in [1.165, 1.54) is 7.11 Å². The molecule has 0 heterocycles. The number of carbonyl (C=O) groups is 1. The van der Waals surface area contributed by atoms with Gasteiger partial charge < -0.3 is 4.74 Å². The van der Waals surface area contributed by atoms with Gasteiger partial charge in [0.1, 0.15) is 0 Å². The lowest BCUT2D eigenvalue weighted by molar-refractivity contribution is -0.144. The van der Waals surface area contributed by atoms with Crippen molar-refractivity contribution in [2.24, 2.45) is 5.92 Å². The molecule has 0 rings (SSSR count). The molecule has 0 aliphatic carbocycles. The number of ether oxygens (including phenoxy) is 1. The minimum absolute atomic E-state index is 0.229. The SMILES string of the molecule is COC(=O)C(C)CC#N. The van der Waals surface area contributed by atoms with Crippen molar-refractivity contribution in [1.82, 2.24) is 0 Å². The van der Waals surface area contributed by atoms with Gasteiger partial charge in [-0.05, 0) is 0 Å². The maximum Gasteiger partial charge on any atom is 0.309 e. The molecule has 0 bridgehead atoms. The molecule has 1 unspecified atom stereocenters. The first-order valence-electron chi connectivity index (χ1n) is 2.67. The maximum absolute atomic E-state index is 10.5. The number of carbonyl (C=O) groups excluding carboxylic acids is 1. The van der Waals surface area contributed by atoms with Crippen LogP contribution in [0.5, 0.6) is 0 Å². The van der Waals surface area contributed by atoms with Crippen LogP contribution in [-0.4, -0.2) is 13.1 Å². The van der Waals surface area contributed by atoms with Crippen LogP contribution < -0.4 is 0 Å². The van der Waals surface area contributed by atoms with Crippen molar-refractivity contribution < 1.29 is 9.53 Å². The van der Waals surface area contributed by atoms with E-state index in [4.69, 9.17) is 5.26 Å². The van der Waals surface area contributed by atoms with E-state index in [0.717, 1.165) is 0 Å². The molecule has 0 aromatic rings. The number of hydrogen-bond acceptors (Lipinski definition) is 3. The highest BCUT2D eigenvalue weighted by molar-refractivity contribution is 5.72. The summed E-state index contributed by atoms with van der Waals surface area (Å²) >= 11 is 0. The lowest BCUT2D eigenvalue weighted by Gasteiger charge is -2.01. The van der Waals surface area contributed by atoms with E-state index in [9.17, 15) is 4.79 Å². The fraction of sp³-hybridized carbons (Fsp3) is 0.667. The largest absolute Gasteiger partial charge is 0.469 e. The lowest BCUT2D eigenvalue weighted by atomic mass is 10.1. The molecular formula is C6H9NO2. The van der Waals surface area contributed by atoms with Crippen molar-refractivity contribution in [3.8, 4) is 6.07 Å².